The number of esters is 2. The zero-order valence-corrected chi connectivity index (χ0v) is 32.0. The number of ether oxygens (including phenoxy) is 10. The Balaban J connectivity index is 0.000000172. The van der Waals surface area contributed by atoms with Gasteiger partial charge in [-0.2, -0.15) is 0 Å². The van der Waals surface area contributed by atoms with Gasteiger partial charge in [0.1, 0.15) is 29.1 Å². The Hall–Kier alpha value is -6.37. The predicted octanol–water partition coefficient (Wildman–Crippen LogP) is 7.59. The standard InChI is InChI=1S/C22H22O6.C21H20O7/c1-12(2)27-15-6-8-17-16(10-15)13(3)20(22(23)24-4)21(28-17)14-5-7-18-19(9-14)26-11-25-18;1-11(2)27-13-5-7-15-14(9-13)19(22)18(21(23)24-3)20(28-15)12-4-6-16-17(8-12)26-10-25-16/h5-10,12,21H,11H2,1-4H3;4-9,11,18,20H,10H2,1-3H3. The number of Topliss-reactive ketones (excluding diaryl/α,β-unsaturated/α-hetero) is 1. The third-order valence-corrected chi connectivity index (χ3v) is 9.35. The van der Waals surface area contributed by atoms with Crippen molar-refractivity contribution >= 4 is 23.3 Å². The van der Waals surface area contributed by atoms with Gasteiger partial charge in [-0.1, -0.05) is 12.1 Å². The molecule has 56 heavy (non-hydrogen) atoms. The highest BCUT2D eigenvalue weighted by atomic mass is 16.7. The van der Waals surface area contributed by atoms with Crippen LogP contribution in [0.1, 0.15) is 73.9 Å². The fourth-order valence-electron chi connectivity index (χ4n) is 6.83. The Kier molecular flexibility index (Phi) is 10.7. The maximum atomic E-state index is 13.2. The highest BCUT2D eigenvalue weighted by Gasteiger charge is 2.44. The first kappa shape index (κ1) is 37.9. The molecule has 4 aliphatic heterocycles. The van der Waals surface area contributed by atoms with Crippen LogP contribution in [0.3, 0.4) is 0 Å². The van der Waals surface area contributed by atoms with Crippen LogP contribution in [0.25, 0.3) is 5.57 Å². The molecule has 0 aromatic heterocycles. The summed E-state index contributed by atoms with van der Waals surface area (Å²) in [4.78, 5) is 38.3. The van der Waals surface area contributed by atoms with E-state index in [-0.39, 0.29) is 31.6 Å². The molecule has 8 rings (SSSR count). The van der Waals surface area contributed by atoms with Crippen LogP contribution < -0.4 is 37.9 Å². The van der Waals surface area contributed by atoms with E-state index in [0.29, 0.717) is 56.9 Å². The Morgan fingerprint density at radius 1 is 0.625 bits per heavy atom. The molecule has 0 bridgehead atoms. The number of carbonyl (C=O) groups excluding carboxylic acids is 3. The van der Waals surface area contributed by atoms with Gasteiger partial charge in [-0.05, 0) is 106 Å². The third-order valence-electron chi connectivity index (χ3n) is 9.35. The highest BCUT2D eigenvalue weighted by molar-refractivity contribution is 6.11. The zero-order valence-electron chi connectivity index (χ0n) is 32.0. The van der Waals surface area contributed by atoms with E-state index < -0.39 is 30.1 Å². The number of rotatable bonds is 8. The van der Waals surface area contributed by atoms with Crippen LogP contribution in [0.5, 0.6) is 46.0 Å². The maximum absolute atomic E-state index is 13.2. The number of carbonyl (C=O) groups is 3. The largest absolute Gasteiger partial charge is 0.491 e. The first-order valence-electron chi connectivity index (χ1n) is 18.1. The molecule has 0 spiro atoms. The lowest BCUT2D eigenvalue weighted by Gasteiger charge is -2.31. The second-order valence-electron chi connectivity index (χ2n) is 13.8. The normalized spacial score (nSPS) is 18.5. The van der Waals surface area contributed by atoms with Crippen LogP contribution in [0.2, 0.25) is 0 Å². The summed E-state index contributed by atoms with van der Waals surface area (Å²) in [7, 11) is 2.62. The molecule has 3 atom stereocenters. The van der Waals surface area contributed by atoms with E-state index in [2.05, 4.69) is 0 Å². The minimum atomic E-state index is -1.13. The topological polar surface area (TPSA) is 144 Å². The average Bonchev–Trinajstić information content (AvgIpc) is 3.87. The lowest BCUT2D eigenvalue weighted by molar-refractivity contribution is -0.147. The molecule has 0 saturated heterocycles. The molecule has 0 N–H and O–H groups in total. The van der Waals surface area contributed by atoms with Crippen LogP contribution in [-0.4, -0.2) is 57.7 Å². The van der Waals surface area contributed by atoms with Gasteiger partial charge in [0.05, 0.1) is 37.6 Å². The monoisotopic (exact) mass is 766 g/mol. The summed E-state index contributed by atoms with van der Waals surface area (Å²) in [5.41, 5.74) is 3.78. The number of hydrogen-bond acceptors (Lipinski definition) is 13. The molecule has 3 unspecified atom stereocenters. The summed E-state index contributed by atoms with van der Waals surface area (Å²) in [6.45, 7) is 9.93. The van der Waals surface area contributed by atoms with Gasteiger partial charge in [-0.15, -0.1) is 0 Å². The third kappa shape index (κ3) is 7.48. The highest BCUT2D eigenvalue weighted by Crippen LogP contribution is 2.46. The number of fused-ring (bicyclic) bond motifs is 4. The first-order valence-corrected chi connectivity index (χ1v) is 18.1. The maximum Gasteiger partial charge on any atom is 0.338 e. The molecule has 0 saturated carbocycles. The van der Waals surface area contributed by atoms with E-state index in [1.165, 1.54) is 14.2 Å². The molecule has 292 valence electrons. The zero-order chi connectivity index (χ0) is 39.7. The van der Waals surface area contributed by atoms with Gasteiger partial charge in [-0.25, -0.2) is 4.79 Å². The molecule has 4 aliphatic rings. The number of methoxy groups -OCH3 is 2. The SMILES string of the molecule is COC(=O)C1=C(C)c2cc(OC(C)C)ccc2OC1c1ccc2c(c1)OCO2.COC(=O)C1C(=O)c2cc(OC(C)C)ccc2OC1c1ccc2c(c1)OCO2. The molecule has 4 aromatic rings. The number of hydrogen-bond donors (Lipinski definition) is 0. The summed E-state index contributed by atoms with van der Waals surface area (Å²) in [6.07, 6.45) is -1.44. The molecule has 0 aliphatic carbocycles. The molecule has 4 heterocycles. The molecular formula is C43H42O13. The predicted molar refractivity (Wildman–Crippen MR) is 201 cm³/mol. The second kappa shape index (κ2) is 15.8. The van der Waals surface area contributed by atoms with E-state index in [1.807, 2.05) is 71.0 Å². The lowest BCUT2D eigenvalue weighted by atomic mass is 9.85. The van der Waals surface area contributed by atoms with Crippen molar-refractivity contribution in [2.75, 3.05) is 27.8 Å². The van der Waals surface area contributed by atoms with Crippen LogP contribution >= 0.6 is 0 Å². The Morgan fingerprint density at radius 3 is 1.71 bits per heavy atom. The summed E-state index contributed by atoms with van der Waals surface area (Å²) in [5.74, 6) is 2.21. The number of ketones is 1. The fraction of sp³-hybridized carbons (Fsp3) is 0.326. The second-order valence-corrected chi connectivity index (χ2v) is 13.8. The molecule has 0 amide bonds. The lowest BCUT2D eigenvalue weighted by Crippen LogP contribution is -2.37. The molecule has 4 aromatic carbocycles. The van der Waals surface area contributed by atoms with Gasteiger partial charge in [-0.3, -0.25) is 9.59 Å². The Bertz CT molecular complexity index is 2200. The van der Waals surface area contributed by atoms with Crippen LogP contribution in [0, 0.1) is 5.92 Å². The number of benzene rings is 4. The summed E-state index contributed by atoms with van der Waals surface area (Å²) in [6, 6.07) is 21.4. The van der Waals surface area contributed by atoms with Crippen LogP contribution in [0.15, 0.2) is 78.4 Å². The van der Waals surface area contributed by atoms with Gasteiger partial charge >= 0.3 is 11.9 Å². The van der Waals surface area contributed by atoms with Crippen molar-refractivity contribution in [3.63, 3.8) is 0 Å². The summed E-state index contributed by atoms with van der Waals surface area (Å²) >= 11 is 0. The first-order chi connectivity index (χ1) is 26.9. The van der Waals surface area contributed by atoms with Crippen LogP contribution in [-0.2, 0) is 19.1 Å². The Labute approximate surface area is 323 Å². The summed E-state index contributed by atoms with van der Waals surface area (Å²) in [5, 5.41) is 0. The van der Waals surface area contributed by atoms with Crippen molar-refractivity contribution in [1.82, 2.24) is 0 Å². The van der Waals surface area contributed by atoms with E-state index in [9.17, 15) is 14.4 Å². The minimum Gasteiger partial charge on any atom is -0.491 e. The summed E-state index contributed by atoms with van der Waals surface area (Å²) < 4.78 is 55.3. The van der Waals surface area contributed by atoms with E-state index in [0.717, 1.165) is 22.4 Å². The van der Waals surface area contributed by atoms with E-state index >= 15 is 0 Å². The molecular weight excluding hydrogens is 724 g/mol. The van der Waals surface area contributed by atoms with Crippen molar-refractivity contribution < 1.29 is 61.8 Å². The number of allylic oxidation sites excluding steroid dienone is 1. The van der Waals surface area contributed by atoms with Gasteiger partial charge in [0.15, 0.2) is 40.8 Å². The van der Waals surface area contributed by atoms with Gasteiger partial charge in [0.2, 0.25) is 13.6 Å². The smallest absolute Gasteiger partial charge is 0.338 e. The van der Waals surface area contributed by atoms with Crippen molar-refractivity contribution in [3.05, 3.63) is 101 Å². The molecule has 13 nitrogen and oxygen atoms in total. The van der Waals surface area contributed by atoms with Crippen molar-refractivity contribution in [2.45, 2.75) is 59.0 Å². The molecule has 13 heteroatoms. The van der Waals surface area contributed by atoms with Crippen molar-refractivity contribution in [2.24, 2.45) is 5.92 Å². The van der Waals surface area contributed by atoms with Gasteiger partial charge in [0.25, 0.3) is 0 Å². The average molecular weight is 767 g/mol. The minimum absolute atomic E-state index is 0.0459. The van der Waals surface area contributed by atoms with Crippen molar-refractivity contribution in [1.29, 1.82) is 0 Å². The van der Waals surface area contributed by atoms with Crippen LogP contribution in [0.4, 0.5) is 0 Å². The van der Waals surface area contributed by atoms with E-state index in [4.69, 9.17) is 47.4 Å². The molecule has 0 fully saturated rings. The van der Waals surface area contributed by atoms with E-state index in [1.54, 1.807) is 36.4 Å². The fourth-order valence-corrected chi connectivity index (χ4v) is 6.83. The van der Waals surface area contributed by atoms with Crippen molar-refractivity contribution in [3.8, 4) is 46.0 Å². The molecule has 0 radical (unpaired) electrons. The van der Waals surface area contributed by atoms with Gasteiger partial charge < -0.3 is 47.4 Å². The van der Waals surface area contributed by atoms with Gasteiger partial charge in [0, 0.05) is 11.1 Å². The Morgan fingerprint density at radius 2 is 1.14 bits per heavy atom. The quantitative estimate of drug-likeness (QED) is 0.128.